The average molecular weight is 460 g/mol. The molecule has 0 atom stereocenters. The van der Waals surface area contributed by atoms with Crippen LogP contribution in [-0.2, 0) is 12.8 Å². The summed E-state index contributed by atoms with van der Waals surface area (Å²) < 4.78 is 75.1. The number of hydrogen-bond donors (Lipinski definition) is 0. The molecule has 4 rings (SSSR count). The van der Waals surface area contributed by atoms with Gasteiger partial charge < -0.3 is 18.6 Å². The number of methoxy groups -OCH3 is 1. The first-order valence-electron chi connectivity index (χ1n) is 9.62. The van der Waals surface area contributed by atoms with E-state index in [0.29, 0.717) is 11.3 Å². The van der Waals surface area contributed by atoms with E-state index in [4.69, 9.17) is 18.6 Å². The lowest BCUT2D eigenvalue weighted by Crippen LogP contribution is -2.15. The molecule has 1 heterocycles. The van der Waals surface area contributed by atoms with Crippen LogP contribution in [0, 0.1) is 5.82 Å². The SMILES string of the molecule is COc1cccc(Oc2c(C(F)(F)F)oc3cc(OCc4ccc(F)cc4)ccc3c2=O)c1. The predicted octanol–water partition coefficient (Wildman–Crippen LogP) is 6.33. The maximum Gasteiger partial charge on any atom is 0.453 e. The first-order chi connectivity index (χ1) is 15.7. The molecule has 4 aromatic rings. The van der Waals surface area contributed by atoms with E-state index in [2.05, 4.69) is 0 Å². The third kappa shape index (κ3) is 4.92. The van der Waals surface area contributed by atoms with Crippen LogP contribution in [0.1, 0.15) is 11.3 Å². The predicted molar refractivity (Wildman–Crippen MR) is 111 cm³/mol. The number of halogens is 4. The quantitative estimate of drug-likeness (QED) is 0.315. The molecule has 0 spiro atoms. The Morgan fingerprint density at radius 2 is 1.64 bits per heavy atom. The van der Waals surface area contributed by atoms with Crippen LogP contribution < -0.4 is 19.6 Å². The molecule has 9 heteroatoms. The van der Waals surface area contributed by atoms with Gasteiger partial charge in [0.25, 0.3) is 5.76 Å². The van der Waals surface area contributed by atoms with Crippen molar-refractivity contribution in [3.8, 4) is 23.0 Å². The monoisotopic (exact) mass is 460 g/mol. The van der Waals surface area contributed by atoms with Crippen LogP contribution in [0.15, 0.2) is 75.9 Å². The van der Waals surface area contributed by atoms with E-state index in [-0.39, 0.29) is 29.1 Å². The van der Waals surface area contributed by atoms with Crippen molar-refractivity contribution in [1.29, 1.82) is 0 Å². The van der Waals surface area contributed by atoms with Crippen LogP contribution in [0.2, 0.25) is 0 Å². The number of fused-ring (bicyclic) bond motifs is 1. The Hall–Kier alpha value is -4.01. The summed E-state index contributed by atoms with van der Waals surface area (Å²) in [5, 5.41) is -0.116. The zero-order valence-electron chi connectivity index (χ0n) is 17.1. The summed E-state index contributed by atoms with van der Waals surface area (Å²) in [5.74, 6) is -2.47. The lowest BCUT2D eigenvalue weighted by molar-refractivity contribution is -0.154. The van der Waals surface area contributed by atoms with E-state index in [1.54, 1.807) is 6.07 Å². The molecule has 0 radical (unpaired) electrons. The molecule has 0 aliphatic heterocycles. The molecule has 3 aromatic carbocycles. The molecule has 5 nitrogen and oxygen atoms in total. The lowest BCUT2D eigenvalue weighted by Gasteiger charge is -2.14. The van der Waals surface area contributed by atoms with Gasteiger partial charge in [0.05, 0.1) is 12.5 Å². The van der Waals surface area contributed by atoms with Crippen LogP contribution in [0.3, 0.4) is 0 Å². The average Bonchev–Trinajstić information content (AvgIpc) is 2.79. The Morgan fingerprint density at radius 3 is 2.33 bits per heavy atom. The highest BCUT2D eigenvalue weighted by molar-refractivity contribution is 5.79. The molecule has 0 bridgehead atoms. The summed E-state index contributed by atoms with van der Waals surface area (Å²) in [6.07, 6.45) is -4.99. The van der Waals surface area contributed by atoms with Crippen molar-refractivity contribution in [2.45, 2.75) is 12.8 Å². The van der Waals surface area contributed by atoms with E-state index < -0.39 is 28.9 Å². The van der Waals surface area contributed by atoms with Crippen molar-refractivity contribution in [2.24, 2.45) is 0 Å². The second kappa shape index (κ2) is 8.85. The minimum Gasteiger partial charge on any atom is -0.497 e. The lowest BCUT2D eigenvalue weighted by atomic mass is 10.2. The third-order valence-electron chi connectivity index (χ3n) is 4.66. The molecule has 170 valence electrons. The Kier molecular flexibility index (Phi) is 5.95. The molecule has 0 amide bonds. The fourth-order valence-electron chi connectivity index (χ4n) is 3.06. The second-order valence-electron chi connectivity index (χ2n) is 6.94. The number of rotatable bonds is 6. The number of alkyl halides is 3. The molecule has 1 aromatic heterocycles. The zero-order chi connectivity index (χ0) is 23.6. The molecular weight excluding hydrogens is 444 g/mol. The zero-order valence-corrected chi connectivity index (χ0v) is 17.1. The van der Waals surface area contributed by atoms with Crippen molar-refractivity contribution < 1.29 is 36.2 Å². The van der Waals surface area contributed by atoms with Crippen molar-refractivity contribution in [1.82, 2.24) is 0 Å². The minimum absolute atomic E-state index is 0.0225. The molecule has 0 aliphatic carbocycles. The topological polar surface area (TPSA) is 57.9 Å². The summed E-state index contributed by atoms with van der Waals surface area (Å²) in [6, 6.07) is 15.3. The van der Waals surface area contributed by atoms with Crippen molar-refractivity contribution in [3.63, 3.8) is 0 Å². The van der Waals surface area contributed by atoms with Gasteiger partial charge in [-0.05, 0) is 42.0 Å². The molecular formula is C24H16F4O5. The molecule has 0 aliphatic rings. The number of hydrogen-bond acceptors (Lipinski definition) is 5. The van der Waals surface area contributed by atoms with E-state index >= 15 is 0 Å². The Balaban J connectivity index is 1.71. The minimum atomic E-state index is -4.99. The molecule has 0 fully saturated rings. The Bertz CT molecular complexity index is 1340. The highest BCUT2D eigenvalue weighted by atomic mass is 19.4. The Morgan fingerprint density at radius 1 is 0.909 bits per heavy atom. The van der Waals surface area contributed by atoms with Gasteiger partial charge >= 0.3 is 6.18 Å². The Labute approximate surface area is 184 Å². The summed E-state index contributed by atoms with van der Waals surface area (Å²) in [6.45, 7) is 0.0409. The van der Waals surface area contributed by atoms with E-state index in [0.717, 1.165) is 0 Å². The van der Waals surface area contributed by atoms with Crippen LogP contribution in [0.5, 0.6) is 23.0 Å². The van der Waals surface area contributed by atoms with Gasteiger partial charge in [-0.25, -0.2) is 4.39 Å². The van der Waals surface area contributed by atoms with Gasteiger partial charge in [-0.2, -0.15) is 13.2 Å². The first kappa shape index (κ1) is 22.2. The first-order valence-corrected chi connectivity index (χ1v) is 9.62. The summed E-state index contributed by atoms with van der Waals surface area (Å²) in [4.78, 5) is 12.9. The molecule has 33 heavy (non-hydrogen) atoms. The van der Waals surface area contributed by atoms with Gasteiger partial charge in [0, 0.05) is 12.1 Å². The van der Waals surface area contributed by atoms with Gasteiger partial charge in [-0.3, -0.25) is 4.79 Å². The van der Waals surface area contributed by atoms with Crippen molar-refractivity contribution in [2.75, 3.05) is 7.11 Å². The molecule has 0 N–H and O–H groups in total. The normalized spacial score (nSPS) is 11.4. The molecule has 0 saturated carbocycles. The van der Waals surface area contributed by atoms with Crippen LogP contribution in [-0.4, -0.2) is 7.11 Å². The van der Waals surface area contributed by atoms with Gasteiger partial charge in [0.2, 0.25) is 11.2 Å². The summed E-state index contributed by atoms with van der Waals surface area (Å²) in [5.41, 5.74) is -0.658. The van der Waals surface area contributed by atoms with Crippen LogP contribution in [0.25, 0.3) is 11.0 Å². The summed E-state index contributed by atoms with van der Waals surface area (Å²) in [7, 11) is 1.39. The highest BCUT2D eigenvalue weighted by Gasteiger charge is 2.40. The van der Waals surface area contributed by atoms with E-state index in [1.165, 1.54) is 67.8 Å². The van der Waals surface area contributed by atoms with Gasteiger partial charge in [-0.1, -0.05) is 18.2 Å². The fourth-order valence-corrected chi connectivity index (χ4v) is 3.06. The van der Waals surface area contributed by atoms with Crippen LogP contribution in [0.4, 0.5) is 17.6 Å². The van der Waals surface area contributed by atoms with Crippen molar-refractivity contribution >= 4 is 11.0 Å². The number of ether oxygens (including phenoxy) is 3. The van der Waals surface area contributed by atoms with Crippen molar-refractivity contribution in [3.05, 3.63) is 94.1 Å². The molecule has 0 unspecified atom stereocenters. The van der Waals surface area contributed by atoms with Gasteiger partial charge in [-0.15, -0.1) is 0 Å². The number of benzene rings is 3. The third-order valence-corrected chi connectivity index (χ3v) is 4.66. The van der Waals surface area contributed by atoms with E-state index in [1.807, 2.05) is 0 Å². The smallest absolute Gasteiger partial charge is 0.453 e. The van der Waals surface area contributed by atoms with Crippen LogP contribution >= 0.6 is 0 Å². The fraction of sp³-hybridized carbons (Fsp3) is 0.125. The second-order valence-corrected chi connectivity index (χ2v) is 6.94. The maximum absolute atomic E-state index is 13.7. The standard InChI is InChI=1S/C24H16F4O5/c1-30-16-3-2-4-18(11-16)32-22-21(29)19-10-9-17(12-20(19)33-23(22)24(26,27)28)31-13-14-5-7-15(25)8-6-14/h2-12H,13H2,1H3. The highest BCUT2D eigenvalue weighted by Crippen LogP contribution is 2.39. The van der Waals surface area contributed by atoms with E-state index in [9.17, 15) is 22.4 Å². The van der Waals surface area contributed by atoms with Gasteiger partial charge in [0.1, 0.15) is 35.3 Å². The van der Waals surface area contributed by atoms with Gasteiger partial charge in [0.15, 0.2) is 0 Å². The molecule has 0 saturated heterocycles. The largest absolute Gasteiger partial charge is 0.497 e. The summed E-state index contributed by atoms with van der Waals surface area (Å²) >= 11 is 0. The maximum atomic E-state index is 13.7.